The lowest BCUT2D eigenvalue weighted by molar-refractivity contribution is 0.0991. The van der Waals surface area contributed by atoms with E-state index in [9.17, 15) is 9.90 Å². The molecule has 0 aliphatic carbocycles. The fourth-order valence-corrected chi connectivity index (χ4v) is 2.48. The summed E-state index contributed by atoms with van der Waals surface area (Å²) in [6.45, 7) is 4.26. The molecule has 1 aromatic heterocycles. The van der Waals surface area contributed by atoms with Crippen LogP contribution in [0.4, 0.5) is 5.69 Å². The van der Waals surface area contributed by atoms with Gasteiger partial charge in [0.2, 0.25) is 0 Å². The highest BCUT2D eigenvalue weighted by Crippen LogP contribution is 2.23. The number of hydrogen-bond acceptors (Lipinski definition) is 4. The summed E-state index contributed by atoms with van der Waals surface area (Å²) in [7, 11) is 0. The first kappa shape index (κ1) is 12.6. The lowest BCUT2D eigenvalue weighted by atomic mass is 10.2. The Bertz CT molecular complexity index is 566. The summed E-state index contributed by atoms with van der Waals surface area (Å²) in [6.07, 6.45) is 0. The number of thiazole rings is 1. The fourth-order valence-electron chi connectivity index (χ4n) is 1.73. The van der Waals surface area contributed by atoms with E-state index in [1.165, 1.54) is 11.3 Å². The molecule has 4 nitrogen and oxygen atoms in total. The van der Waals surface area contributed by atoms with E-state index < -0.39 is 0 Å². The average Bonchev–Trinajstić information content (AvgIpc) is 2.76. The molecule has 0 spiro atoms. The van der Waals surface area contributed by atoms with Crippen LogP contribution in [0.25, 0.3) is 0 Å². The zero-order valence-electron chi connectivity index (χ0n) is 10.3. The molecule has 1 aromatic carbocycles. The minimum Gasteiger partial charge on any atom is -0.508 e. The number of hydrogen-bond donors (Lipinski definition) is 1. The summed E-state index contributed by atoms with van der Waals surface area (Å²) < 4.78 is 0. The summed E-state index contributed by atoms with van der Waals surface area (Å²) in [5.41, 5.74) is 3.10. The maximum atomic E-state index is 12.4. The lowest BCUT2D eigenvalue weighted by Gasteiger charge is -2.20. The van der Waals surface area contributed by atoms with Gasteiger partial charge in [-0.3, -0.25) is 4.79 Å². The number of aromatic nitrogens is 1. The first-order valence-electron chi connectivity index (χ1n) is 5.64. The highest BCUT2D eigenvalue weighted by molar-refractivity contribution is 7.12. The minimum absolute atomic E-state index is 0.0805. The van der Waals surface area contributed by atoms with Crippen molar-refractivity contribution in [1.82, 2.24) is 4.98 Å². The Hall–Kier alpha value is -1.88. The van der Waals surface area contributed by atoms with Gasteiger partial charge < -0.3 is 10.0 Å². The number of amides is 1. The molecular formula is C13H14N2O2S. The highest BCUT2D eigenvalue weighted by atomic mass is 32.1. The second-order valence-electron chi connectivity index (χ2n) is 3.84. The van der Waals surface area contributed by atoms with Gasteiger partial charge in [-0.25, -0.2) is 4.98 Å². The Morgan fingerprint density at radius 2 is 2.28 bits per heavy atom. The molecule has 5 heteroatoms. The van der Waals surface area contributed by atoms with E-state index in [0.717, 1.165) is 5.69 Å². The van der Waals surface area contributed by atoms with Crippen molar-refractivity contribution in [3.8, 4) is 5.75 Å². The van der Waals surface area contributed by atoms with E-state index in [4.69, 9.17) is 0 Å². The predicted molar refractivity (Wildman–Crippen MR) is 72.3 cm³/mol. The summed E-state index contributed by atoms with van der Waals surface area (Å²) in [5, 5.41) is 9.48. The number of anilines is 1. The highest BCUT2D eigenvalue weighted by Gasteiger charge is 2.19. The molecule has 0 saturated carbocycles. The van der Waals surface area contributed by atoms with Gasteiger partial charge in [0.25, 0.3) is 5.91 Å². The molecule has 0 saturated heterocycles. The molecule has 0 radical (unpaired) electrons. The second-order valence-corrected chi connectivity index (χ2v) is 4.69. The Morgan fingerprint density at radius 1 is 1.50 bits per heavy atom. The molecule has 0 unspecified atom stereocenters. The quantitative estimate of drug-likeness (QED) is 0.925. The lowest BCUT2D eigenvalue weighted by Crippen LogP contribution is -2.30. The van der Waals surface area contributed by atoms with Crippen LogP contribution in [0.3, 0.4) is 0 Å². The number of rotatable bonds is 3. The van der Waals surface area contributed by atoms with Gasteiger partial charge in [0.05, 0.1) is 11.2 Å². The van der Waals surface area contributed by atoms with E-state index in [1.807, 2.05) is 13.8 Å². The van der Waals surface area contributed by atoms with Gasteiger partial charge in [0.1, 0.15) is 10.6 Å². The zero-order valence-corrected chi connectivity index (χ0v) is 11.1. The van der Waals surface area contributed by atoms with Crippen LogP contribution in [0.15, 0.2) is 29.8 Å². The molecule has 0 aliphatic heterocycles. The number of nitrogens with zero attached hydrogens (tertiary/aromatic N) is 2. The van der Waals surface area contributed by atoms with E-state index in [0.29, 0.717) is 17.1 Å². The van der Waals surface area contributed by atoms with Crippen LogP contribution in [-0.2, 0) is 0 Å². The van der Waals surface area contributed by atoms with E-state index >= 15 is 0 Å². The van der Waals surface area contributed by atoms with Gasteiger partial charge in [-0.15, -0.1) is 11.3 Å². The monoisotopic (exact) mass is 262 g/mol. The second kappa shape index (κ2) is 5.18. The molecule has 2 aromatic rings. The number of phenols is 1. The zero-order chi connectivity index (χ0) is 13.1. The number of benzene rings is 1. The predicted octanol–water partition coefficient (Wildman–Crippen LogP) is 2.82. The van der Waals surface area contributed by atoms with Crippen LogP contribution < -0.4 is 4.90 Å². The molecule has 94 valence electrons. The van der Waals surface area contributed by atoms with Crippen LogP contribution >= 0.6 is 11.3 Å². The Morgan fingerprint density at radius 3 is 2.83 bits per heavy atom. The number of aryl methyl sites for hydroxylation is 1. The molecule has 0 fully saturated rings. The van der Waals surface area contributed by atoms with Crippen LogP contribution in [0, 0.1) is 6.92 Å². The molecule has 1 heterocycles. The first-order chi connectivity index (χ1) is 8.63. The summed E-state index contributed by atoms with van der Waals surface area (Å²) in [6, 6.07) is 6.69. The Kier molecular flexibility index (Phi) is 3.62. The normalized spacial score (nSPS) is 10.3. The molecule has 2 rings (SSSR count). The van der Waals surface area contributed by atoms with E-state index in [2.05, 4.69) is 4.98 Å². The molecule has 18 heavy (non-hydrogen) atoms. The van der Waals surface area contributed by atoms with Crippen LogP contribution in [0.2, 0.25) is 0 Å². The Labute approximate surface area is 110 Å². The van der Waals surface area contributed by atoms with Gasteiger partial charge in [-0.2, -0.15) is 0 Å². The third kappa shape index (κ3) is 2.36. The largest absolute Gasteiger partial charge is 0.508 e. The van der Waals surface area contributed by atoms with Gasteiger partial charge >= 0.3 is 0 Å². The molecule has 0 bridgehead atoms. The SMILES string of the molecule is CCN(C(=O)c1scnc1C)c1cccc(O)c1. The van der Waals surface area contributed by atoms with Crippen molar-refractivity contribution in [2.45, 2.75) is 13.8 Å². The number of aromatic hydroxyl groups is 1. The summed E-state index contributed by atoms with van der Waals surface area (Å²) in [4.78, 5) is 18.7. The van der Waals surface area contributed by atoms with Crippen molar-refractivity contribution in [2.24, 2.45) is 0 Å². The first-order valence-corrected chi connectivity index (χ1v) is 6.52. The van der Waals surface area contributed by atoms with Crippen LogP contribution in [-0.4, -0.2) is 22.5 Å². The van der Waals surface area contributed by atoms with Crippen molar-refractivity contribution in [3.63, 3.8) is 0 Å². The van der Waals surface area contributed by atoms with Gasteiger partial charge in [0, 0.05) is 18.3 Å². The third-order valence-corrected chi connectivity index (χ3v) is 3.56. The van der Waals surface area contributed by atoms with Crippen molar-refractivity contribution in [3.05, 3.63) is 40.3 Å². The maximum Gasteiger partial charge on any atom is 0.270 e. The van der Waals surface area contributed by atoms with Crippen LogP contribution in [0.5, 0.6) is 5.75 Å². The van der Waals surface area contributed by atoms with Crippen molar-refractivity contribution >= 4 is 22.9 Å². The standard InChI is InChI=1S/C13H14N2O2S/c1-3-15(10-5-4-6-11(16)7-10)13(17)12-9(2)14-8-18-12/h4-8,16H,3H2,1-2H3. The molecule has 0 atom stereocenters. The maximum absolute atomic E-state index is 12.4. The number of carbonyl (C=O) groups is 1. The van der Waals surface area contributed by atoms with Crippen molar-refractivity contribution < 1.29 is 9.90 Å². The van der Waals surface area contributed by atoms with Gasteiger partial charge in [-0.05, 0) is 26.0 Å². The summed E-state index contributed by atoms with van der Waals surface area (Å²) in [5.74, 6) is 0.0721. The number of phenolic OH excluding ortho intramolecular Hbond substituents is 1. The van der Waals surface area contributed by atoms with Gasteiger partial charge in [-0.1, -0.05) is 6.07 Å². The van der Waals surface area contributed by atoms with Crippen molar-refractivity contribution in [2.75, 3.05) is 11.4 Å². The third-order valence-electron chi connectivity index (χ3n) is 2.64. The molecule has 1 N–H and O–H groups in total. The van der Waals surface area contributed by atoms with E-state index in [-0.39, 0.29) is 11.7 Å². The number of carbonyl (C=O) groups excluding carboxylic acids is 1. The average molecular weight is 262 g/mol. The summed E-state index contributed by atoms with van der Waals surface area (Å²) >= 11 is 1.34. The van der Waals surface area contributed by atoms with Crippen LogP contribution in [0.1, 0.15) is 22.3 Å². The molecule has 0 aliphatic rings. The van der Waals surface area contributed by atoms with Gasteiger partial charge in [0.15, 0.2) is 0 Å². The van der Waals surface area contributed by atoms with E-state index in [1.54, 1.807) is 34.7 Å². The minimum atomic E-state index is -0.0805. The topological polar surface area (TPSA) is 53.4 Å². The van der Waals surface area contributed by atoms with Crippen molar-refractivity contribution in [1.29, 1.82) is 0 Å². The fraction of sp³-hybridized carbons (Fsp3) is 0.231. The smallest absolute Gasteiger partial charge is 0.270 e. The molecular weight excluding hydrogens is 248 g/mol. The molecule has 1 amide bonds. The Balaban J connectivity index is 2.35.